The molecule has 5 aromatic rings. The Morgan fingerprint density at radius 2 is 1.82 bits per heavy atom. The molecule has 2 N–H and O–H groups in total. The smallest absolute Gasteiger partial charge is 0.326 e. The number of nitrogens with one attached hydrogen (secondary N) is 2. The van der Waals surface area contributed by atoms with E-state index >= 15 is 0 Å². The lowest BCUT2D eigenvalue weighted by Gasteiger charge is -2.20. The van der Waals surface area contributed by atoms with Gasteiger partial charge in [-0.1, -0.05) is 61.5 Å². The third-order valence-electron chi connectivity index (χ3n) is 8.04. The van der Waals surface area contributed by atoms with E-state index in [2.05, 4.69) is 96.8 Å². The predicted octanol–water partition coefficient (Wildman–Crippen LogP) is 4.53. The molecule has 0 radical (unpaired) electrons. The first kappa shape index (κ1) is 24.7. The largest absolute Gasteiger partial charge is 0.382 e. The summed E-state index contributed by atoms with van der Waals surface area (Å²) in [6.07, 6.45) is 7.46. The molecule has 0 unspecified atom stereocenters. The molecular formula is C32H32N6OS+2. The number of carbonyl (C=O) groups is 1. The van der Waals surface area contributed by atoms with Crippen LogP contribution in [-0.2, 0) is 11.3 Å². The van der Waals surface area contributed by atoms with Crippen molar-refractivity contribution < 1.29 is 8.58 Å². The molecule has 200 valence electrons. The van der Waals surface area contributed by atoms with Crippen molar-refractivity contribution in [1.29, 1.82) is 0 Å². The maximum Gasteiger partial charge on any atom is 0.382 e. The van der Waals surface area contributed by atoms with E-state index in [0.717, 1.165) is 38.8 Å². The van der Waals surface area contributed by atoms with Crippen molar-refractivity contribution in [2.75, 3.05) is 5.32 Å². The summed E-state index contributed by atoms with van der Waals surface area (Å²) in [5, 5.41) is 2.88. The average molecular weight is 549 g/mol. The van der Waals surface area contributed by atoms with Crippen molar-refractivity contribution in [3.8, 4) is 11.1 Å². The zero-order valence-electron chi connectivity index (χ0n) is 22.7. The van der Waals surface area contributed by atoms with Gasteiger partial charge in [0.1, 0.15) is 5.70 Å². The molecular weight excluding hydrogens is 516 g/mol. The molecule has 1 aliphatic carbocycles. The van der Waals surface area contributed by atoms with E-state index in [4.69, 9.17) is 4.99 Å². The van der Waals surface area contributed by atoms with Crippen molar-refractivity contribution in [3.05, 3.63) is 107 Å². The maximum atomic E-state index is 11.6. The van der Waals surface area contributed by atoms with Gasteiger partial charge in [0.15, 0.2) is 17.2 Å². The third-order valence-corrected chi connectivity index (χ3v) is 9.13. The number of amides is 1. The number of hydrazine groups is 1. The van der Waals surface area contributed by atoms with Crippen LogP contribution in [0.4, 0.5) is 5.69 Å². The molecule has 7 rings (SSSR count). The van der Waals surface area contributed by atoms with Crippen LogP contribution in [0.15, 0.2) is 89.7 Å². The number of hydrogen-bond donors (Lipinski definition) is 2. The minimum atomic E-state index is -0.0751. The maximum absolute atomic E-state index is 11.6. The molecule has 0 spiro atoms. The summed E-state index contributed by atoms with van der Waals surface area (Å²) in [6.45, 7) is 4.29. The van der Waals surface area contributed by atoms with Gasteiger partial charge in [-0.2, -0.15) is 0 Å². The minimum Gasteiger partial charge on any atom is -0.326 e. The van der Waals surface area contributed by atoms with Gasteiger partial charge in [-0.15, -0.1) is 0 Å². The SMILES string of the molecule is CC(=O)Nc1ccc(-c2c3ccc(=NCc4ccccc4C)n3s[n+]3c(=[N+]4C=C(C5CCCC5)N4)ccc23)cc1. The first-order valence-electron chi connectivity index (χ1n) is 13.9. The highest BCUT2D eigenvalue weighted by Gasteiger charge is 2.31. The Balaban J connectivity index is 1.41. The first-order valence-corrected chi connectivity index (χ1v) is 14.7. The molecule has 2 aliphatic rings. The van der Waals surface area contributed by atoms with Gasteiger partial charge in [-0.25, -0.2) is 10.4 Å². The van der Waals surface area contributed by atoms with E-state index in [1.807, 2.05) is 12.1 Å². The van der Waals surface area contributed by atoms with E-state index in [1.54, 1.807) is 11.7 Å². The number of nitrogens with zero attached hydrogens (tertiary/aromatic N) is 4. The zero-order valence-corrected chi connectivity index (χ0v) is 23.5. The minimum absolute atomic E-state index is 0.0751. The Morgan fingerprint density at radius 3 is 2.58 bits per heavy atom. The fourth-order valence-corrected chi connectivity index (χ4v) is 6.96. The number of allylic oxidation sites excluding steroid dienone is 1. The molecule has 1 aliphatic heterocycles. The van der Waals surface area contributed by atoms with E-state index in [0.29, 0.717) is 12.5 Å². The summed E-state index contributed by atoms with van der Waals surface area (Å²) < 4.78 is 6.65. The number of hydrogen-bond acceptors (Lipinski definition) is 4. The second-order valence-corrected chi connectivity index (χ2v) is 11.6. The van der Waals surface area contributed by atoms with Crippen LogP contribution in [-0.4, -0.2) is 9.70 Å². The number of fused-ring (bicyclic) bond motifs is 2. The fraction of sp³-hybridized carbons (Fsp3) is 0.250. The van der Waals surface area contributed by atoms with Crippen LogP contribution in [0.3, 0.4) is 0 Å². The predicted molar refractivity (Wildman–Crippen MR) is 158 cm³/mol. The zero-order chi connectivity index (χ0) is 27.2. The first-order chi connectivity index (χ1) is 19.5. The van der Waals surface area contributed by atoms with Gasteiger partial charge >= 0.3 is 17.2 Å². The summed E-state index contributed by atoms with van der Waals surface area (Å²) in [5.41, 5.74) is 14.7. The summed E-state index contributed by atoms with van der Waals surface area (Å²) >= 11 is 1.66. The Kier molecular flexibility index (Phi) is 6.20. The molecule has 1 amide bonds. The Hall–Kier alpha value is -4.30. The monoisotopic (exact) mass is 548 g/mol. The molecule has 0 atom stereocenters. The van der Waals surface area contributed by atoms with E-state index in [-0.39, 0.29) is 5.91 Å². The van der Waals surface area contributed by atoms with Crippen LogP contribution < -0.4 is 30.2 Å². The van der Waals surface area contributed by atoms with Crippen molar-refractivity contribution in [3.63, 3.8) is 0 Å². The number of rotatable bonds is 5. The van der Waals surface area contributed by atoms with Crippen LogP contribution in [0.1, 0.15) is 43.7 Å². The van der Waals surface area contributed by atoms with Gasteiger partial charge in [0.25, 0.3) is 5.49 Å². The van der Waals surface area contributed by atoms with Crippen LogP contribution in [0.5, 0.6) is 0 Å². The molecule has 0 saturated heterocycles. The summed E-state index contributed by atoms with van der Waals surface area (Å²) in [7, 11) is 0. The fourth-order valence-electron chi connectivity index (χ4n) is 5.88. The Bertz CT molecular complexity index is 1930. The Morgan fingerprint density at radius 1 is 1.05 bits per heavy atom. The van der Waals surface area contributed by atoms with Crippen molar-refractivity contribution in [2.24, 2.45) is 10.9 Å². The standard InChI is InChI=1S/C32H30N6OS/c1-21-7-3-4-10-25(21)19-33-30-17-15-28-32(24-11-13-26(14-12-24)34-22(2)39)29-16-18-31(38(29)40-37(28)30)36-20-27(35-36)23-8-5-6-9-23/h3-4,7,10-18,20,23H,5-6,8-9,19H2,1-2H3/p+2. The number of benzene rings is 2. The van der Waals surface area contributed by atoms with Crippen molar-refractivity contribution >= 4 is 34.4 Å². The van der Waals surface area contributed by atoms with Crippen LogP contribution in [0, 0.1) is 12.8 Å². The summed E-state index contributed by atoms with van der Waals surface area (Å²) in [5.74, 6) is 0.584. The topological polar surface area (TPSA) is 65.0 Å². The van der Waals surface area contributed by atoms with Crippen LogP contribution >= 0.6 is 11.7 Å². The van der Waals surface area contributed by atoms with Gasteiger partial charge in [0.05, 0.1) is 18.2 Å². The average Bonchev–Trinajstić information content (AvgIpc) is 3.68. The lowest BCUT2D eigenvalue weighted by molar-refractivity contribution is -0.456. The van der Waals surface area contributed by atoms with Crippen molar-refractivity contribution in [1.82, 2.24) is 13.9 Å². The van der Waals surface area contributed by atoms with E-state index < -0.39 is 0 Å². The highest BCUT2D eigenvalue weighted by molar-refractivity contribution is 6.95. The third kappa shape index (κ3) is 4.38. The van der Waals surface area contributed by atoms with E-state index in [1.165, 1.54) is 49.4 Å². The van der Waals surface area contributed by atoms with Gasteiger partial charge in [-0.05, 0) is 48.6 Å². The van der Waals surface area contributed by atoms with Crippen molar-refractivity contribution in [2.45, 2.75) is 46.1 Å². The molecule has 40 heavy (non-hydrogen) atoms. The molecule has 1 fully saturated rings. The molecule has 7 nitrogen and oxygen atoms in total. The van der Waals surface area contributed by atoms with Gasteiger partial charge in [-0.3, -0.25) is 4.79 Å². The second-order valence-electron chi connectivity index (χ2n) is 10.7. The van der Waals surface area contributed by atoms with Gasteiger partial charge < -0.3 is 5.32 Å². The molecule has 3 aromatic heterocycles. The van der Waals surface area contributed by atoms with Gasteiger partial charge in [0, 0.05) is 36.7 Å². The quantitative estimate of drug-likeness (QED) is 0.317. The van der Waals surface area contributed by atoms with Gasteiger partial charge in [0.2, 0.25) is 5.91 Å². The number of carbonyl (C=O) groups excluding carboxylic acids is 1. The van der Waals surface area contributed by atoms with E-state index in [9.17, 15) is 4.79 Å². The van der Waals surface area contributed by atoms with Crippen LogP contribution in [0.25, 0.3) is 22.2 Å². The normalized spacial score (nSPS) is 17.2. The van der Waals surface area contributed by atoms with Crippen LogP contribution in [0.2, 0.25) is 0 Å². The summed E-state index contributed by atoms with van der Waals surface area (Å²) in [4.78, 5) is 16.6. The number of aromatic nitrogens is 2. The Labute approximate surface area is 236 Å². The molecule has 4 heterocycles. The number of anilines is 1. The molecule has 8 heteroatoms. The molecule has 2 aromatic carbocycles. The second kappa shape index (κ2) is 10.0. The lowest BCUT2D eigenvalue weighted by Crippen LogP contribution is -2.54. The summed E-state index contributed by atoms with van der Waals surface area (Å²) in [6, 6.07) is 25.2. The highest BCUT2D eigenvalue weighted by Crippen LogP contribution is 2.32. The molecule has 1 saturated carbocycles. The molecule has 0 bridgehead atoms. The highest BCUT2D eigenvalue weighted by atomic mass is 32.1. The lowest BCUT2D eigenvalue weighted by atomic mass is 10.0. The number of aryl methyl sites for hydroxylation is 1.